The van der Waals surface area contributed by atoms with Crippen LogP contribution in [0, 0.1) is 5.41 Å². The smallest absolute Gasteiger partial charge is 0.336 e. The molecule has 1 unspecified atom stereocenters. The first-order chi connectivity index (χ1) is 8.00. The molecule has 1 saturated heterocycles. The number of hydrogen-bond donors (Lipinski definition) is 0. The number of esters is 1. The van der Waals surface area contributed by atoms with Crippen molar-refractivity contribution in [3.05, 3.63) is 11.6 Å². The maximum atomic E-state index is 11.5. The van der Waals surface area contributed by atoms with Crippen LogP contribution in [0.1, 0.15) is 20.3 Å². The van der Waals surface area contributed by atoms with Gasteiger partial charge in [-0.1, -0.05) is 19.9 Å². The van der Waals surface area contributed by atoms with E-state index in [1.165, 1.54) is 7.11 Å². The van der Waals surface area contributed by atoms with Gasteiger partial charge in [0, 0.05) is 12.5 Å². The number of allylic oxidation sites excluding steroid dienone is 1. The van der Waals surface area contributed by atoms with Crippen molar-refractivity contribution >= 4 is 12.3 Å². The average molecular weight is 242 g/mol. The number of aldehydes is 1. The number of methoxy groups -OCH3 is 1. The molecule has 0 aromatic rings. The highest BCUT2D eigenvalue weighted by Crippen LogP contribution is 2.23. The third-order valence-corrected chi connectivity index (χ3v) is 2.50. The lowest BCUT2D eigenvalue weighted by Gasteiger charge is -2.14. The van der Waals surface area contributed by atoms with Crippen LogP contribution < -0.4 is 0 Å². The number of hydrogen-bond acceptors (Lipinski definition) is 5. The summed E-state index contributed by atoms with van der Waals surface area (Å²) < 4.78 is 15.0. The van der Waals surface area contributed by atoms with Crippen molar-refractivity contribution < 1.29 is 23.8 Å². The second kappa shape index (κ2) is 5.93. The SMILES string of the molecule is COCOC1COC(=O)/C1=C/CC(C)(C)C=O. The zero-order chi connectivity index (χ0) is 12.9. The van der Waals surface area contributed by atoms with Gasteiger partial charge in [0.1, 0.15) is 25.8 Å². The molecule has 17 heavy (non-hydrogen) atoms. The molecule has 0 aromatic carbocycles. The Hall–Kier alpha value is -1.20. The summed E-state index contributed by atoms with van der Waals surface area (Å²) in [5, 5.41) is 0. The van der Waals surface area contributed by atoms with Gasteiger partial charge in [-0.3, -0.25) is 0 Å². The van der Waals surface area contributed by atoms with Crippen LogP contribution in [0.15, 0.2) is 11.6 Å². The summed E-state index contributed by atoms with van der Waals surface area (Å²) in [5.74, 6) is -0.382. The largest absolute Gasteiger partial charge is 0.459 e. The molecular formula is C12H18O5. The van der Waals surface area contributed by atoms with Crippen LogP contribution in [0.2, 0.25) is 0 Å². The summed E-state index contributed by atoms with van der Waals surface area (Å²) in [7, 11) is 1.51. The Balaban J connectivity index is 2.67. The third-order valence-electron chi connectivity index (χ3n) is 2.50. The normalized spacial score (nSPS) is 22.9. The standard InChI is InChI=1S/C12H18O5/c1-12(2,7-13)5-4-9-10(17-8-15-3)6-16-11(9)14/h4,7,10H,5-6,8H2,1-3H3/b9-4+. The Morgan fingerprint density at radius 2 is 2.24 bits per heavy atom. The van der Waals surface area contributed by atoms with Crippen LogP contribution in [0.4, 0.5) is 0 Å². The molecule has 5 nitrogen and oxygen atoms in total. The molecule has 1 heterocycles. The molecule has 0 aliphatic carbocycles. The molecule has 0 bridgehead atoms. The Kier molecular flexibility index (Phi) is 4.84. The van der Waals surface area contributed by atoms with Crippen LogP contribution in [0.3, 0.4) is 0 Å². The van der Waals surface area contributed by atoms with Crippen LogP contribution in [0.25, 0.3) is 0 Å². The van der Waals surface area contributed by atoms with Gasteiger partial charge in [-0.25, -0.2) is 4.79 Å². The second-order valence-electron chi connectivity index (χ2n) is 4.63. The highest BCUT2D eigenvalue weighted by atomic mass is 16.7. The van der Waals surface area contributed by atoms with Gasteiger partial charge in [-0.15, -0.1) is 0 Å². The highest BCUT2D eigenvalue weighted by molar-refractivity contribution is 5.91. The zero-order valence-electron chi connectivity index (χ0n) is 10.4. The minimum atomic E-state index is -0.484. The summed E-state index contributed by atoms with van der Waals surface area (Å²) in [6.07, 6.45) is 2.66. The maximum absolute atomic E-state index is 11.5. The van der Waals surface area contributed by atoms with Crippen molar-refractivity contribution in [2.24, 2.45) is 5.41 Å². The molecule has 1 atom stereocenters. The lowest BCUT2D eigenvalue weighted by atomic mass is 9.90. The van der Waals surface area contributed by atoms with E-state index in [-0.39, 0.29) is 19.4 Å². The maximum Gasteiger partial charge on any atom is 0.336 e. The molecule has 0 aromatic heterocycles. The molecule has 0 saturated carbocycles. The van der Waals surface area contributed by atoms with E-state index >= 15 is 0 Å². The minimum Gasteiger partial charge on any atom is -0.459 e. The van der Waals surface area contributed by atoms with E-state index in [2.05, 4.69) is 0 Å². The van der Waals surface area contributed by atoms with Crippen LogP contribution in [-0.2, 0) is 23.8 Å². The van der Waals surface area contributed by atoms with E-state index < -0.39 is 11.5 Å². The molecule has 1 aliphatic heterocycles. The number of rotatable bonds is 6. The number of carbonyl (C=O) groups is 2. The minimum absolute atomic E-state index is 0.107. The molecule has 0 radical (unpaired) electrons. The fraction of sp³-hybridized carbons (Fsp3) is 0.667. The van der Waals surface area contributed by atoms with E-state index in [0.717, 1.165) is 6.29 Å². The van der Waals surface area contributed by atoms with E-state index in [1.807, 2.05) is 13.8 Å². The van der Waals surface area contributed by atoms with Gasteiger partial charge in [0.25, 0.3) is 0 Å². The first kappa shape index (κ1) is 13.9. The summed E-state index contributed by atoms with van der Waals surface area (Å²) in [6.45, 7) is 3.93. The average Bonchev–Trinajstić information content (AvgIpc) is 2.65. The molecule has 1 rings (SSSR count). The summed E-state index contributed by atoms with van der Waals surface area (Å²) in [5.41, 5.74) is -0.0150. The monoisotopic (exact) mass is 242 g/mol. The van der Waals surface area contributed by atoms with Gasteiger partial charge in [-0.2, -0.15) is 0 Å². The lowest BCUT2D eigenvalue weighted by Crippen LogP contribution is -2.18. The van der Waals surface area contributed by atoms with Crippen molar-refractivity contribution in [2.45, 2.75) is 26.4 Å². The fourth-order valence-corrected chi connectivity index (χ4v) is 1.38. The van der Waals surface area contributed by atoms with Gasteiger partial charge < -0.3 is 19.0 Å². The summed E-state index contributed by atoms with van der Waals surface area (Å²) in [4.78, 5) is 22.2. The lowest BCUT2D eigenvalue weighted by molar-refractivity contribution is -0.135. The van der Waals surface area contributed by atoms with Crippen LogP contribution >= 0.6 is 0 Å². The summed E-state index contributed by atoms with van der Waals surface area (Å²) >= 11 is 0. The Bertz CT molecular complexity index is 319. The van der Waals surface area contributed by atoms with Crippen molar-refractivity contribution in [1.82, 2.24) is 0 Å². The molecule has 0 spiro atoms. The Labute approximate surface area is 101 Å². The predicted molar refractivity (Wildman–Crippen MR) is 60.3 cm³/mol. The van der Waals surface area contributed by atoms with E-state index in [1.54, 1.807) is 6.08 Å². The van der Waals surface area contributed by atoms with E-state index in [4.69, 9.17) is 14.2 Å². The first-order valence-corrected chi connectivity index (χ1v) is 5.44. The molecule has 5 heteroatoms. The van der Waals surface area contributed by atoms with Crippen LogP contribution in [0.5, 0.6) is 0 Å². The van der Waals surface area contributed by atoms with Crippen LogP contribution in [-0.4, -0.2) is 38.9 Å². The summed E-state index contributed by atoms with van der Waals surface area (Å²) in [6, 6.07) is 0. The molecule has 1 fully saturated rings. The number of carbonyl (C=O) groups excluding carboxylic acids is 2. The highest BCUT2D eigenvalue weighted by Gasteiger charge is 2.31. The van der Waals surface area contributed by atoms with Crippen molar-refractivity contribution in [3.63, 3.8) is 0 Å². The number of ether oxygens (including phenoxy) is 3. The number of cyclic esters (lactones) is 1. The van der Waals surface area contributed by atoms with Gasteiger partial charge in [-0.05, 0) is 6.42 Å². The first-order valence-electron chi connectivity index (χ1n) is 5.44. The fourth-order valence-electron chi connectivity index (χ4n) is 1.38. The quantitative estimate of drug-likeness (QED) is 0.302. The van der Waals surface area contributed by atoms with Crippen molar-refractivity contribution in [3.8, 4) is 0 Å². The molecular weight excluding hydrogens is 224 g/mol. The van der Waals surface area contributed by atoms with Gasteiger partial charge in [0.15, 0.2) is 0 Å². The van der Waals surface area contributed by atoms with Crippen molar-refractivity contribution in [2.75, 3.05) is 20.5 Å². The second-order valence-corrected chi connectivity index (χ2v) is 4.63. The van der Waals surface area contributed by atoms with Crippen molar-refractivity contribution in [1.29, 1.82) is 0 Å². The van der Waals surface area contributed by atoms with E-state index in [9.17, 15) is 9.59 Å². The zero-order valence-corrected chi connectivity index (χ0v) is 10.4. The van der Waals surface area contributed by atoms with Gasteiger partial charge in [0.05, 0.1) is 5.57 Å². The molecule has 1 aliphatic rings. The third kappa shape index (κ3) is 3.94. The van der Waals surface area contributed by atoms with Gasteiger partial charge in [0.2, 0.25) is 0 Å². The molecule has 96 valence electrons. The van der Waals surface area contributed by atoms with E-state index in [0.29, 0.717) is 12.0 Å². The van der Waals surface area contributed by atoms with Gasteiger partial charge >= 0.3 is 5.97 Å². The Morgan fingerprint density at radius 3 is 2.82 bits per heavy atom. The molecule has 0 amide bonds. The topological polar surface area (TPSA) is 61.8 Å². The Morgan fingerprint density at radius 1 is 1.53 bits per heavy atom. The predicted octanol–water partition coefficient (Wildman–Crippen LogP) is 1.07. The molecule has 0 N–H and O–H groups in total.